The summed E-state index contributed by atoms with van der Waals surface area (Å²) >= 11 is 3.90. The number of methoxy groups -OCH3 is 1. The number of rotatable bonds is 2. The maximum Gasteiger partial charge on any atom is 0.514 e. The molecule has 1 aromatic rings. The van der Waals surface area contributed by atoms with Gasteiger partial charge in [0, 0.05) is 5.57 Å². The van der Waals surface area contributed by atoms with Crippen molar-refractivity contribution in [3.63, 3.8) is 0 Å². The summed E-state index contributed by atoms with van der Waals surface area (Å²) in [5.74, 6) is -2.48. The van der Waals surface area contributed by atoms with Crippen molar-refractivity contribution in [1.29, 1.82) is 10.5 Å². The first-order valence-corrected chi connectivity index (χ1v) is 15.7. The van der Waals surface area contributed by atoms with Gasteiger partial charge in [0.25, 0.3) is 17.7 Å². The smallest absolute Gasteiger partial charge is 0.437 e. The van der Waals surface area contributed by atoms with Gasteiger partial charge in [-0.25, -0.2) is 9.59 Å². The van der Waals surface area contributed by atoms with E-state index in [-0.39, 0.29) is 57.6 Å². The Bertz CT molecular complexity index is 1840. The average Bonchev–Trinajstić information content (AvgIpc) is 3.59. The van der Waals surface area contributed by atoms with Crippen LogP contribution in [0, 0.1) is 22.7 Å². The number of hydrogen-bond acceptors (Lipinski definition) is 16. The molecule has 0 bridgehead atoms. The fourth-order valence-corrected chi connectivity index (χ4v) is 9.37. The first-order valence-electron chi connectivity index (χ1n) is 12.4. The number of nitrogens with one attached hydrogen (secondary N) is 2. The Morgan fingerprint density at radius 1 is 0.822 bits per heavy atom. The molecule has 0 fully saturated rings. The predicted octanol–water partition coefficient (Wildman–Crippen LogP) is 3.97. The van der Waals surface area contributed by atoms with E-state index < -0.39 is 41.9 Å². The molecular formula is C27H18N4O10S4. The maximum atomic E-state index is 13.0. The Kier molecular flexibility index (Phi) is 8.71. The minimum absolute atomic E-state index is 0.0249. The number of carbonyl (C=O) groups excluding carboxylic acids is 5. The van der Waals surface area contributed by atoms with Crippen molar-refractivity contribution in [2.24, 2.45) is 0 Å². The van der Waals surface area contributed by atoms with E-state index in [0.29, 0.717) is 4.24 Å². The summed E-state index contributed by atoms with van der Waals surface area (Å²) in [4.78, 5) is 63.2. The van der Waals surface area contributed by atoms with Gasteiger partial charge in [0.1, 0.15) is 28.9 Å². The van der Waals surface area contributed by atoms with Crippen LogP contribution < -0.4 is 20.1 Å². The number of nitriles is 2. The first-order chi connectivity index (χ1) is 21.2. The summed E-state index contributed by atoms with van der Waals surface area (Å²) in [5.41, 5.74) is -1.36. The van der Waals surface area contributed by atoms with Crippen LogP contribution in [0.1, 0.15) is 20.8 Å². The van der Waals surface area contributed by atoms with E-state index in [0.717, 1.165) is 60.2 Å². The average molecular weight is 687 g/mol. The van der Waals surface area contributed by atoms with Crippen molar-refractivity contribution in [1.82, 2.24) is 10.6 Å². The molecule has 0 saturated heterocycles. The fourth-order valence-electron chi connectivity index (χ4n) is 3.88. The predicted molar refractivity (Wildman–Crippen MR) is 159 cm³/mol. The zero-order valence-corrected chi connectivity index (χ0v) is 26.6. The number of fused-ring (bicyclic) bond motifs is 2. The van der Waals surface area contributed by atoms with Gasteiger partial charge in [-0.3, -0.25) is 19.7 Å². The molecule has 4 aliphatic rings. The lowest BCUT2D eigenvalue weighted by Crippen LogP contribution is -2.40. The van der Waals surface area contributed by atoms with Crippen molar-refractivity contribution in [3.05, 3.63) is 42.9 Å². The number of thioether (sulfide) groups is 4. The van der Waals surface area contributed by atoms with Crippen LogP contribution in [-0.4, -0.2) is 54.1 Å². The first kappa shape index (κ1) is 32.1. The molecule has 0 saturated carbocycles. The number of aliphatic hydroxyl groups excluding tert-OH is 1. The topological polar surface area (TPSA) is 214 Å². The van der Waals surface area contributed by atoms with Crippen LogP contribution in [0.2, 0.25) is 0 Å². The molecule has 0 radical (unpaired) electrons. The number of benzene rings is 1. The van der Waals surface area contributed by atoms with Gasteiger partial charge in [-0.2, -0.15) is 10.5 Å². The van der Waals surface area contributed by atoms with E-state index in [1.807, 2.05) is 0 Å². The summed E-state index contributed by atoms with van der Waals surface area (Å²) in [6, 6.07) is 3.49. The normalized spacial score (nSPS) is 22.1. The zero-order valence-electron chi connectivity index (χ0n) is 23.4. The SMILES string of the molecule is COC(=O)Oc1c2c(c(OC(=O)OC(C)(C)C)c3c1S/C(=C1/C=C(C#N)C(=O)NC1O)S3)S/C(=C1/C=C(C#N)C(=O)NC1=O)S2. The van der Waals surface area contributed by atoms with E-state index in [2.05, 4.69) is 10.6 Å². The van der Waals surface area contributed by atoms with Gasteiger partial charge in [0.2, 0.25) is 0 Å². The summed E-state index contributed by atoms with van der Waals surface area (Å²) in [5, 5.41) is 33.8. The fraction of sp³-hybridized carbons (Fsp3) is 0.222. The summed E-state index contributed by atoms with van der Waals surface area (Å²) in [6.45, 7) is 4.91. The Hall–Kier alpha value is -4.33. The third-order valence-corrected chi connectivity index (χ3v) is 11.0. The van der Waals surface area contributed by atoms with Gasteiger partial charge in [-0.1, -0.05) is 47.0 Å². The minimum Gasteiger partial charge on any atom is -0.437 e. The third kappa shape index (κ3) is 6.28. The van der Waals surface area contributed by atoms with Crippen molar-refractivity contribution in [2.45, 2.75) is 52.2 Å². The van der Waals surface area contributed by atoms with Crippen molar-refractivity contribution in [3.8, 4) is 23.6 Å². The largest absolute Gasteiger partial charge is 0.514 e. The van der Waals surface area contributed by atoms with Gasteiger partial charge in [-0.15, -0.1) is 0 Å². The molecule has 3 N–H and O–H groups in total. The van der Waals surface area contributed by atoms with E-state index in [1.54, 1.807) is 32.9 Å². The van der Waals surface area contributed by atoms with Crippen molar-refractivity contribution in [2.75, 3.05) is 7.11 Å². The lowest BCUT2D eigenvalue weighted by atomic mass is 10.1. The standard InChI is InChI=1S/C27H18N4O10S4/c1-27(2,3)41-26(37)40-14-17-15(42-23(44-17)11-5-9(7-28)19(32)30-21(11)34)13(39-25(36)38-4)16-18(14)45-24(43-16)12-6-10(8-29)20(33)31-22(12)35/h5-6,21,34H,1-4H3,(H,30,32)(H,31,33,35)/b23-11+,24-12-. The molecule has 0 aromatic heterocycles. The Balaban J connectivity index is 1.72. The highest BCUT2D eigenvalue weighted by molar-refractivity contribution is 8.26. The van der Waals surface area contributed by atoms with Gasteiger partial charge >= 0.3 is 12.3 Å². The van der Waals surface area contributed by atoms with Crippen LogP contribution in [-0.2, 0) is 23.9 Å². The molecule has 45 heavy (non-hydrogen) atoms. The molecule has 4 heterocycles. The number of imide groups is 1. The van der Waals surface area contributed by atoms with Gasteiger partial charge < -0.3 is 29.4 Å². The summed E-state index contributed by atoms with van der Waals surface area (Å²) in [6.07, 6.45) is -1.30. The van der Waals surface area contributed by atoms with Crippen LogP contribution in [0.3, 0.4) is 0 Å². The van der Waals surface area contributed by atoms with Gasteiger partial charge in [-0.05, 0) is 32.9 Å². The molecule has 1 unspecified atom stereocenters. The number of hydrogen-bond donors (Lipinski definition) is 3. The van der Waals surface area contributed by atoms with Crippen LogP contribution in [0.15, 0.2) is 62.5 Å². The second kappa shape index (κ2) is 12.2. The summed E-state index contributed by atoms with van der Waals surface area (Å²) < 4.78 is 22.0. The number of ether oxygens (including phenoxy) is 4. The second-order valence-electron chi connectivity index (χ2n) is 9.95. The number of nitrogens with zero attached hydrogens (tertiary/aromatic N) is 2. The molecule has 5 rings (SSSR count). The summed E-state index contributed by atoms with van der Waals surface area (Å²) in [7, 11) is 1.10. The van der Waals surface area contributed by atoms with Gasteiger partial charge in [0.05, 0.1) is 40.7 Å². The molecule has 18 heteroatoms. The molecule has 14 nitrogen and oxygen atoms in total. The molecule has 0 aliphatic carbocycles. The number of aliphatic hydroxyl groups is 1. The van der Waals surface area contributed by atoms with Crippen molar-refractivity contribution < 1.29 is 48.0 Å². The molecule has 1 aromatic carbocycles. The third-order valence-electron chi connectivity index (χ3n) is 5.75. The van der Waals surface area contributed by atoms with Crippen molar-refractivity contribution >= 4 is 77.1 Å². The van der Waals surface area contributed by atoms with E-state index >= 15 is 0 Å². The van der Waals surface area contributed by atoms with E-state index in [4.69, 9.17) is 18.9 Å². The molecule has 230 valence electrons. The van der Waals surface area contributed by atoms with Crippen LogP contribution in [0.25, 0.3) is 0 Å². The van der Waals surface area contributed by atoms with Crippen LogP contribution in [0.5, 0.6) is 11.5 Å². The van der Waals surface area contributed by atoms with Crippen LogP contribution >= 0.6 is 47.0 Å². The van der Waals surface area contributed by atoms with Gasteiger partial charge in [0.15, 0.2) is 17.7 Å². The monoisotopic (exact) mass is 686 g/mol. The molecular weight excluding hydrogens is 669 g/mol. The van der Waals surface area contributed by atoms with E-state index in [1.165, 1.54) is 6.08 Å². The number of carbonyl (C=O) groups is 5. The molecule has 1 atom stereocenters. The van der Waals surface area contributed by atoms with Crippen LogP contribution in [0.4, 0.5) is 9.59 Å². The maximum absolute atomic E-state index is 13.0. The Morgan fingerprint density at radius 3 is 1.84 bits per heavy atom. The quantitative estimate of drug-likeness (QED) is 0.174. The van der Waals surface area contributed by atoms with E-state index in [9.17, 15) is 39.6 Å². The minimum atomic E-state index is -1.49. The lowest BCUT2D eigenvalue weighted by molar-refractivity contribution is -0.126. The molecule has 0 spiro atoms. The number of amides is 3. The Labute approximate surface area is 271 Å². The highest BCUT2D eigenvalue weighted by Crippen LogP contribution is 2.68. The molecule has 4 aliphatic heterocycles. The Morgan fingerprint density at radius 2 is 1.33 bits per heavy atom. The molecule has 3 amide bonds. The zero-order chi connectivity index (χ0) is 32.8. The highest BCUT2D eigenvalue weighted by atomic mass is 32.2. The second-order valence-corrected chi connectivity index (χ2v) is 14.5. The highest BCUT2D eigenvalue weighted by Gasteiger charge is 2.42. The lowest BCUT2D eigenvalue weighted by Gasteiger charge is -2.21.